The first-order valence-corrected chi connectivity index (χ1v) is 13.5. The van der Waals surface area contributed by atoms with Gasteiger partial charge in [0.05, 0.1) is 11.5 Å². The molecule has 6 heteroatoms. The van der Waals surface area contributed by atoms with E-state index in [1.807, 2.05) is 6.92 Å². The molecule has 31 heavy (non-hydrogen) atoms. The maximum Gasteiger partial charge on any atom is 0.303 e. The molecule has 0 spiro atoms. The molecule has 0 fully saturated rings. The Labute approximate surface area is 189 Å². The van der Waals surface area contributed by atoms with Crippen molar-refractivity contribution >= 4 is 16.1 Å². The SMILES string of the molecule is Cc1ccc(S(=O)(=O)OCCCCCCCCCCCCCCCCCC(=O)O)cc1. The van der Waals surface area contributed by atoms with Gasteiger partial charge in [0.2, 0.25) is 0 Å². The Morgan fingerprint density at radius 1 is 0.710 bits per heavy atom. The zero-order valence-electron chi connectivity index (χ0n) is 19.3. The number of carboxylic acid groups (broad SMARTS) is 1. The number of carboxylic acids is 1. The fourth-order valence-electron chi connectivity index (χ4n) is 3.62. The van der Waals surface area contributed by atoms with Crippen molar-refractivity contribution in [3.8, 4) is 0 Å². The summed E-state index contributed by atoms with van der Waals surface area (Å²) < 4.78 is 29.3. The third-order valence-electron chi connectivity index (χ3n) is 5.58. The highest BCUT2D eigenvalue weighted by Crippen LogP contribution is 2.16. The molecule has 1 aromatic rings. The summed E-state index contributed by atoms with van der Waals surface area (Å²) in [6.07, 6.45) is 17.7. The molecule has 0 aromatic heterocycles. The summed E-state index contributed by atoms with van der Waals surface area (Å²) in [6.45, 7) is 2.19. The van der Waals surface area contributed by atoms with Gasteiger partial charge < -0.3 is 5.11 Å². The molecule has 0 amide bonds. The number of rotatable bonds is 20. The van der Waals surface area contributed by atoms with E-state index in [4.69, 9.17) is 9.29 Å². The lowest BCUT2D eigenvalue weighted by Crippen LogP contribution is -2.07. The van der Waals surface area contributed by atoms with Crippen LogP contribution >= 0.6 is 0 Å². The van der Waals surface area contributed by atoms with E-state index < -0.39 is 16.1 Å². The zero-order valence-corrected chi connectivity index (χ0v) is 20.1. The van der Waals surface area contributed by atoms with Crippen molar-refractivity contribution in [2.24, 2.45) is 0 Å². The van der Waals surface area contributed by atoms with Crippen molar-refractivity contribution in [1.29, 1.82) is 0 Å². The molecule has 0 bridgehead atoms. The minimum absolute atomic E-state index is 0.230. The third-order valence-corrected chi connectivity index (χ3v) is 6.91. The van der Waals surface area contributed by atoms with E-state index in [1.165, 1.54) is 57.8 Å². The number of hydrogen-bond donors (Lipinski definition) is 1. The Balaban J connectivity index is 1.83. The standard InChI is InChI=1S/C25H42O5S/c1-23-18-20-24(21-19-23)31(28,29)30-22-16-14-12-10-8-6-4-2-3-5-7-9-11-13-15-17-25(26)27/h18-21H,2-17,22H2,1H3,(H,26,27). The van der Waals surface area contributed by atoms with Crippen LogP contribution in [0.5, 0.6) is 0 Å². The minimum Gasteiger partial charge on any atom is -0.481 e. The van der Waals surface area contributed by atoms with E-state index >= 15 is 0 Å². The molecule has 0 radical (unpaired) electrons. The summed E-state index contributed by atoms with van der Waals surface area (Å²) in [5.41, 5.74) is 1.03. The average molecular weight is 455 g/mol. The van der Waals surface area contributed by atoms with Gasteiger partial charge in [-0.25, -0.2) is 0 Å². The lowest BCUT2D eigenvalue weighted by molar-refractivity contribution is -0.137. The van der Waals surface area contributed by atoms with E-state index in [-0.39, 0.29) is 11.5 Å². The minimum atomic E-state index is -3.62. The first kappa shape index (κ1) is 27.6. The lowest BCUT2D eigenvalue weighted by atomic mass is 10.0. The predicted molar refractivity (Wildman–Crippen MR) is 126 cm³/mol. The maximum atomic E-state index is 12.1. The van der Waals surface area contributed by atoms with E-state index in [9.17, 15) is 13.2 Å². The fourth-order valence-corrected chi connectivity index (χ4v) is 4.56. The van der Waals surface area contributed by atoms with Crippen molar-refractivity contribution < 1.29 is 22.5 Å². The van der Waals surface area contributed by atoms with Crippen LogP contribution in [0.2, 0.25) is 0 Å². The normalized spacial score (nSPS) is 11.6. The Bertz CT molecular complexity index is 682. The predicted octanol–water partition coefficient (Wildman–Crippen LogP) is 7.03. The van der Waals surface area contributed by atoms with E-state index in [0.29, 0.717) is 6.42 Å². The molecule has 0 aliphatic rings. The van der Waals surface area contributed by atoms with Gasteiger partial charge in [-0.1, -0.05) is 101 Å². The highest BCUT2D eigenvalue weighted by molar-refractivity contribution is 7.86. The molecule has 0 unspecified atom stereocenters. The van der Waals surface area contributed by atoms with Crippen molar-refractivity contribution in [1.82, 2.24) is 0 Å². The van der Waals surface area contributed by atoms with Gasteiger partial charge in [0.25, 0.3) is 10.1 Å². The smallest absolute Gasteiger partial charge is 0.303 e. The van der Waals surface area contributed by atoms with Gasteiger partial charge in [-0.3, -0.25) is 8.98 Å². The van der Waals surface area contributed by atoms with Crippen LogP contribution in [0.3, 0.4) is 0 Å². The second-order valence-corrected chi connectivity index (χ2v) is 10.2. The number of hydrogen-bond acceptors (Lipinski definition) is 4. The summed E-state index contributed by atoms with van der Waals surface area (Å²) in [4.78, 5) is 10.7. The molecule has 178 valence electrons. The first-order valence-electron chi connectivity index (χ1n) is 12.1. The number of aliphatic carboxylic acids is 1. The van der Waals surface area contributed by atoms with Crippen LogP contribution in [-0.2, 0) is 19.1 Å². The Kier molecular flexibility index (Phi) is 15.3. The molecule has 0 heterocycles. The van der Waals surface area contributed by atoms with Gasteiger partial charge in [0.15, 0.2) is 0 Å². The largest absolute Gasteiger partial charge is 0.481 e. The molecule has 1 aromatic carbocycles. The van der Waals surface area contributed by atoms with Crippen LogP contribution in [0.1, 0.15) is 108 Å². The second kappa shape index (κ2) is 17.2. The molecular weight excluding hydrogens is 412 g/mol. The van der Waals surface area contributed by atoms with Gasteiger partial charge in [0, 0.05) is 6.42 Å². The number of aryl methyl sites for hydroxylation is 1. The van der Waals surface area contributed by atoms with Crippen molar-refractivity contribution in [2.45, 2.75) is 115 Å². The van der Waals surface area contributed by atoms with Crippen molar-refractivity contribution in [3.05, 3.63) is 29.8 Å². The number of benzene rings is 1. The average Bonchev–Trinajstić information content (AvgIpc) is 2.73. The summed E-state index contributed by atoms with van der Waals surface area (Å²) in [5.74, 6) is -0.682. The summed E-state index contributed by atoms with van der Waals surface area (Å²) >= 11 is 0. The van der Waals surface area contributed by atoms with Crippen LogP contribution in [-0.4, -0.2) is 26.1 Å². The highest BCUT2D eigenvalue weighted by Gasteiger charge is 2.14. The summed E-state index contributed by atoms with van der Waals surface area (Å²) in [7, 11) is -3.62. The van der Waals surface area contributed by atoms with Crippen molar-refractivity contribution in [3.63, 3.8) is 0 Å². The van der Waals surface area contributed by atoms with E-state index in [2.05, 4.69) is 0 Å². The molecule has 1 rings (SSSR count). The summed E-state index contributed by atoms with van der Waals surface area (Å²) in [5, 5.41) is 8.58. The van der Waals surface area contributed by atoms with Crippen LogP contribution in [0, 0.1) is 6.92 Å². The van der Waals surface area contributed by atoms with Gasteiger partial charge in [-0.15, -0.1) is 0 Å². The van der Waals surface area contributed by atoms with Gasteiger partial charge in [-0.05, 0) is 31.9 Å². The van der Waals surface area contributed by atoms with Crippen molar-refractivity contribution in [2.75, 3.05) is 6.61 Å². The molecule has 1 N–H and O–H groups in total. The molecular formula is C25H42O5S. The van der Waals surface area contributed by atoms with Gasteiger partial charge in [-0.2, -0.15) is 8.42 Å². The number of unbranched alkanes of at least 4 members (excludes halogenated alkanes) is 14. The fraction of sp³-hybridized carbons (Fsp3) is 0.720. The first-order chi connectivity index (χ1) is 14.9. The molecule has 5 nitrogen and oxygen atoms in total. The highest BCUT2D eigenvalue weighted by atomic mass is 32.2. The molecule has 0 atom stereocenters. The topological polar surface area (TPSA) is 80.7 Å². The lowest BCUT2D eigenvalue weighted by Gasteiger charge is -2.06. The summed E-state index contributed by atoms with van der Waals surface area (Å²) in [6, 6.07) is 6.75. The zero-order chi connectivity index (χ0) is 22.8. The quantitative estimate of drug-likeness (QED) is 0.169. The Morgan fingerprint density at radius 3 is 1.52 bits per heavy atom. The third kappa shape index (κ3) is 15.1. The van der Waals surface area contributed by atoms with Gasteiger partial charge in [0.1, 0.15) is 0 Å². The van der Waals surface area contributed by atoms with Gasteiger partial charge >= 0.3 is 5.97 Å². The monoisotopic (exact) mass is 454 g/mol. The van der Waals surface area contributed by atoms with Crippen LogP contribution in [0.15, 0.2) is 29.2 Å². The molecule has 0 aliphatic carbocycles. The van der Waals surface area contributed by atoms with Crippen LogP contribution < -0.4 is 0 Å². The van der Waals surface area contributed by atoms with Crippen LogP contribution in [0.25, 0.3) is 0 Å². The maximum absolute atomic E-state index is 12.1. The van der Waals surface area contributed by atoms with E-state index in [1.54, 1.807) is 24.3 Å². The number of carbonyl (C=O) groups is 1. The van der Waals surface area contributed by atoms with E-state index in [0.717, 1.165) is 44.1 Å². The second-order valence-electron chi connectivity index (χ2n) is 8.54. The molecule has 0 saturated carbocycles. The Hall–Kier alpha value is -1.40. The molecule has 0 saturated heterocycles. The van der Waals surface area contributed by atoms with Crippen LogP contribution in [0.4, 0.5) is 0 Å². The molecule has 0 aliphatic heterocycles. The Morgan fingerprint density at radius 2 is 1.10 bits per heavy atom.